The quantitative estimate of drug-likeness (QED) is 0.797. The molecule has 1 amide bonds. The van der Waals surface area contributed by atoms with Gasteiger partial charge in [0.2, 0.25) is 5.91 Å². The largest absolute Gasteiger partial charge is 0.376 e. The highest BCUT2D eigenvalue weighted by molar-refractivity contribution is 6.30. The molecule has 2 N–H and O–H groups in total. The van der Waals surface area contributed by atoms with Gasteiger partial charge in [0.15, 0.2) is 0 Å². The van der Waals surface area contributed by atoms with E-state index in [2.05, 4.69) is 30.5 Å². The number of amides is 1. The molecule has 0 spiro atoms. The fraction of sp³-hybridized carbons (Fsp3) is 0.316. The molecule has 0 saturated carbocycles. The second-order valence-electron chi connectivity index (χ2n) is 5.83. The number of rotatable bonds is 7. The van der Waals surface area contributed by atoms with Crippen LogP contribution < -0.4 is 10.6 Å². The third-order valence-electron chi connectivity index (χ3n) is 3.65. The van der Waals surface area contributed by atoms with Crippen LogP contribution in [0, 0.1) is 0 Å². The summed E-state index contributed by atoms with van der Waals surface area (Å²) in [5.41, 5.74) is 3.36. The SMILES string of the molecule is CC(C)c1ccccc1NCC(=O)NCCc1cccc(Cl)c1. The molecule has 122 valence electrons. The van der Waals surface area contributed by atoms with Gasteiger partial charge in [-0.05, 0) is 41.7 Å². The second-order valence-corrected chi connectivity index (χ2v) is 6.26. The van der Waals surface area contributed by atoms with Crippen molar-refractivity contribution in [3.05, 3.63) is 64.7 Å². The maximum atomic E-state index is 12.0. The summed E-state index contributed by atoms with van der Waals surface area (Å²) >= 11 is 5.95. The third kappa shape index (κ3) is 5.61. The molecule has 0 unspecified atom stereocenters. The van der Waals surface area contributed by atoms with Gasteiger partial charge in [-0.3, -0.25) is 4.79 Å². The highest BCUT2D eigenvalue weighted by Crippen LogP contribution is 2.23. The summed E-state index contributed by atoms with van der Waals surface area (Å²) in [5, 5.41) is 6.87. The Kier molecular flexibility index (Phi) is 6.48. The summed E-state index contributed by atoms with van der Waals surface area (Å²) in [4.78, 5) is 12.0. The number of carbonyl (C=O) groups is 1. The minimum absolute atomic E-state index is 0.00872. The van der Waals surface area contributed by atoms with Gasteiger partial charge in [-0.1, -0.05) is 55.8 Å². The normalized spacial score (nSPS) is 10.6. The molecular weight excluding hydrogens is 308 g/mol. The molecule has 3 nitrogen and oxygen atoms in total. The maximum Gasteiger partial charge on any atom is 0.239 e. The lowest BCUT2D eigenvalue weighted by atomic mass is 10.0. The predicted molar refractivity (Wildman–Crippen MR) is 97.2 cm³/mol. The molecule has 2 rings (SSSR count). The molecule has 2 aromatic rings. The van der Waals surface area contributed by atoms with Gasteiger partial charge in [-0.15, -0.1) is 0 Å². The summed E-state index contributed by atoms with van der Waals surface area (Å²) in [6, 6.07) is 15.8. The van der Waals surface area contributed by atoms with Crippen LogP contribution in [0.1, 0.15) is 30.9 Å². The predicted octanol–water partition coefficient (Wildman–Crippen LogP) is 4.23. The number of carbonyl (C=O) groups excluding carboxylic acids is 1. The Hall–Kier alpha value is -2.00. The monoisotopic (exact) mass is 330 g/mol. The third-order valence-corrected chi connectivity index (χ3v) is 3.88. The molecule has 2 aromatic carbocycles. The first-order valence-corrected chi connectivity index (χ1v) is 8.28. The lowest BCUT2D eigenvalue weighted by molar-refractivity contribution is -0.119. The summed E-state index contributed by atoms with van der Waals surface area (Å²) in [6.07, 6.45) is 0.773. The van der Waals surface area contributed by atoms with E-state index in [4.69, 9.17) is 11.6 Å². The highest BCUT2D eigenvalue weighted by Gasteiger charge is 2.07. The molecule has 0 aliphatic heterocycles. The first-order valence-electron chi connectivity index (χ1n) is 7.90. The van der Waals surface area contributed by atoms with E-state index in [9.17, 15) is 4.79 Å². The fourth-order valence-corrected chi connectivity index (χ4v) is 2.65. The number of benzene rings is 2. The number of nitrogens with one attached hydrogen (secondary N) is 2. The lowest BCUT2D eigenvalue weighted by Crippen LogP contribution is -2.31. The van der Waals surface area contributed by atoms with Crippen LogP contribution in [-0.2, 0) is 11.2 Å². The van der Waals surface area contributed by atoms with Crippen molar-refractivity contribution in [1.82, 2.24) is 5.32 Å². The molecule has 0 atom stereocenters. The Balaban J connectivity index is 1.77. The van der Waals surface area contributed by atoms with Crippen LogP contribution in [0.15, 0.2) is 48.5 Å². The van der Waals surface area contributed by atoms with Gasteiger partial charge >= 0.3 is 0 Å². The van der Waals surface area contributed by atoms with E-state index in [0.29, 0.717) is 12.5 Å². The van der Waals surface area contributed by atoms with E-state index in [-0.39, 0.29) is 12.5 Å². The Morgan fingerprint density at radius 1 is 1.13 bits per heavy atom. The Bertz CT molecular complexity index is 655. The van der Waals surface area contributed by atoms with E-state index in [0.717, 1.165) is 22.7 Å². The van der Waals surface area contributed by atoms with Crippen molar-refractivity contribution in [3.8, 4) is 0 Å². The van der Waals surface area contributed by atoms with Crippen LogP contribution in [0.25, 0.3) is 0 Å². The van der Waals surface area contributed by atoms with E-state index < -0.39 is 0 Å². The van der Waals surface area contributed by atoms with Crippen LogP contribution in [0.3, 0.4) is 0 Å². The van der Waals surface area contributed by atoms with Crippen molar-refractivity contribution < 1.29 is 4.79 Å². The smallest absolute Gasteiger partial charge is 0.239 e. The van der Waals surface area contributed by atoms with Gasteiger partial charge in [0.1, 0.15) is 0 Å². The molecule has 0 aliphatic carbocycles. The van der Waals surface area contributed by atoms with Gasteiger partial charge in [0, 0.05) is 17.3 Å². The van der Waals surface area contributed by atoms with Gasteiger partial charge in [-0.25, -0.2) is 0 Å². The van der Waals surface area contributed by atoms with Crippen molar-refractivity contribution in [3.63, 3.8) is 0 Å². The zero-order valence-electron chi connectivity index (χ0n) is 13.6. The summed E-state index contributed by atoms with van der Waals surface area (Å²) in [6.45, 7) is 5.17. The van der Waals surface area contributed by atoms with E-state index in [1.165, 1.54) is 5.56 Å². The van der Waals surface area contributed by atoms with Crippen molar-refractivity contribution in [2.45, 2.75) is 26.2 Å². The average molecular weight is 331 g/mol. The molecule has 0 bridgehead atoms. The van der Waals surface area contributed by atoms with Crippen LogP contribution >= 0.6 is 11.6 Å². The van der Waals surface area contributed by atoms with Crippen molar-refractivity contribution >= 4 is 23.2 Å². The molecule has 0 aromatic heterocycles. The van der Waals surface area contributed by atoms with Crippen LogP contribution in [0.2, 0.25) is 5.02 Å². The number of hydrogen-bond acceptors (Lipinski definition) is 2. The fourth-order valence-electron chi connectivity index (χ4n) is 2.44. The Morgan fingerprint density at radius 2 is 1.91 bits per heavy atom. The topological polar surface area (TPSA) is 41.1 Å². The molecule has 23 heavy (non-hydrogen) atoms. The second kappa shape index (κ2) is 8.59. The van der Waals surface area contributed by atoms with Gasteiger partial charge in [0.25, 0.3) is 0 Å². The summed E-state index contributed by atoms with van der Waals surface area (Å²) in [7, 11) is 0. The molecule has 0 heterocycles. The van der Waals surface area contributed by atoms with E-state index in [1.54, 1.807) is 0 Å². The van der Waals surface area contributed by atoms with Crippen molar-refractivity contribution in [2.75, 3.05) is 18.4 Å². The Labute approximate surface area is 143 Å². The lowest BCUT2D eigenvalue weighted by Gasteiger charge is -2.14. The molecule has 0 radical (unpaired) electrons. The molecule has 0 saturated heterocycles. The Morgan fingerprint density at radius 3 is 2.65 bits per heavy atom. The highest BCUT2D eigenvalue weighted by atomic mass is 35.5. The first-order chi connectivity index (χ1) is 11.1. The number of anilines is 1. The minimum Gasteiger partial charge on any atom is -0.376 e. The molecular formula is C19H23ClN2O. The first kappa shape index (κ1) is 17.4. The molecule has 4 heteroatoms. The molecule has 0 aliphatic rings. The zero-order chi connectivity index (χ0) is 16.7. The zero-order valence-corrected chi connectivity index (χ0v) is 14.4. The van der Waals surface area contributed by atoms with Crippen LogP contribution in [0.5, 0.6) is 0 Å². The van der Waals surface area contributed by atoms with E-state index >= 15 is 0 Å². The average Bonchev–Trinajstić information content (AvgIpc) is 2.53. The van der Waals surface area contributed by atoms with Gasteiger partial charge in [-0.2, -0.15) is 0 Å². The number of halogens is 1. The summed E-state index contributed by atoms with van der Waals surface area (Å²) in [5.74, 6) is 0.412. The van der Waals surface area contributed by atoms with Crippen molar-refractivity contribution in [1.29, 1.82) is 0 Å². The van der Waals surface area contributed by atoms with Gasteiger partial charge < -0.3 is 10.6 Å². The van der Waals surface area contributed by atoms with Gasteiger partial charge in [0.05, 0.1) is 6.54 Å². The summed E-state index contributed by atoms with van der Waals surface area (Å²) < 4.78 is 0. The van der Waals surface area contributed by atoms with Crippen molar-refractivity contribution in [2.24, 2.45) is 0 Å². The minimum atomic E-state index is -0.00872. The maximum absolute atomic E-state index is 12.0. The van der Waals surface area contributed by atoms with Crippen LogP contribution in [-0.4, -0.2) is 19.0 Å². The van der Waals surface area contributed by atoms with E-state index in [1.807, 2.05) is 42.5 Å². The van der Waals surface area contributed by atoms with Crippen LogP contribution in [0.4, 0.5) is 5.69 Å². The number of hydrogen-bond donors (Lipinski definition) is 2. The molecule has 0 fully saturated rings. The number of para-hydroxylation sites is 1. The standard InChI is InChI=1S/C19H23ClN2O/c1-14(2)17-8-3-4-9-18(17)22-13-19(23)21-11-10-15-6-5-7-16(20)12-15/h3-9,12,14,22H,10-11,13H2,1-2H3,(H,21,23).